The number of hydrogen-bond donors (Lipinski definition) is 1. The molecule has 1 N–H and O–H groups in total. The molecule has 0 spiro atoms. The van der Waals surface area contributed by atoms with Gasteiger partial charge >= 0.3 is 0 Å². The lowest BCUT2D eigenvalue weighted by atomic mass is 10.00. The van der Waals surface area contributed by atoms with Crippen LogP contribution >= 0.6 is 0 Å². The van der Waals surface area contributed by atoms with Gasteiger partial charge in [-0.3, -0.25) is 9.69 Å². The van der Waals surface area contributed by atoms with Crippen molar-refractivity contribution in [1.29, 1.82) is 0 Å². The van der Waals surface area contributed by atoms with Gasteiger partial charge in [0.15, 0.2) is 0 Å². The Bertz CT molecular complexity index is 1070. The molecule has 7 nitrogen and oxygen atoms in total. The van der Waals surface area contributed by atoms with Gasteiger partial charge in [0, 0.05) is 25.2 Å². The Balaban J connectivity index is 1.43. The van der Waals surface area contributed by atoms with Gasteiger partial charge in [-0.2, -0.15) is 0 Å². The second-order valence-corrected chi connectivity index (χ2v) is 9.46. The molecule has 0 aliphatic carbocycles. The van der Waals surface area contributed by atoms with Crippen LogP contribution < -0.4 is 10.1 Å². The van der Waals surface area contributed by atoms with Gasteiger partial charge in [0.2, 0.25) is 5.91 Å². The van der Waals surface area contributed by atoms with Crippen LogP contribution in [0.4, 0.5) is 0 Å². The number of carbonyl (C=O) groups is 1. The van der Waals surface area contributed by atoms with Crippen LogP contribution in [-0.4, -0.2) is 57.7 Å². The molecule has 1 saturated heterocycles. The van der Waals surface area contributed by atoms with Crippen molar-refractivity contribution in [2.45, 2.75) is 58.6 Å². The average Bonchev–Trinajstić information content (AvgIpc) is 3.14. The number of carbonyl (C=O) groups excluding carboxylic acids is 1. The molecule has 0 saturated carbocycles. The van der Waals surface area contributed by atoms with Crippen molar-refractivity contribution in [1.82, 2.24) is 19.8 Å². The number of ether oxygens (including phenoxy) is 2. The number of imidazole rings is 1. The third-order valence-electron chi connectivity index (χ3n) is 6.14. The Morgan fingerprint density at radius 3 is 2.48 bits per heavy atom. The van der Waals surface area contributed by atoms with Gasteiger partial charge in [0.05, 0.1) is 23.2 Å². The summed E-state index contributed by atoms with van der Waals surface area (Å²) in [5, 5.41) is 3.14. The van der Waals surface area contributed by atoms with E-state index < -0.39 is 0 Å². The largest absolute Gasteiger partial charge is 0.486 e. The third kappa shape index (κ3) is 5.72. The van der Waals surface area contributed by atoms with Crippen LogP contribution in [0, 0.1) is 0 Å². The van der Waals surface area contributed by atoms with Crippen molar-refractivity contribution < 1.29 is 14.3 Å². The summed E-state index contributed by atoms with van der Waals surface area (Å²) in [5.74, 6) is 1.46. The maximum atomic E-state index is 13.0. The van der Waals surface area contributed by atoms with E-state index in [1.54, 1.807) is 0 Å². The Morgan fingerprint density at radius 2 is 1.76 bits per heavy atom. The Labute approximate surface area is 195 Å². The zero-order valence-electron chi connectivity index (χ0n) is 20.0. The number of nitrogens with one attached hydrogen (secondary N) is 1. The molecule has 7 heteroatoms. The Hall–Kier alpha value is -2.90. The molecule has 3 aromatic rings. The summed E-state index contributed by atoms with van der Waals surface area (Å²) >= 11 is 0. The van der Waals surface area contributed by atoms with Gasteiger partial charge in [-0.1, -0.05) is 30.3 Å². The van der Waals surface area contributed by atoms with E-state index in [4.69, 9.17) is 14.5 Å². The Morgan fingerprint density at radius 1 is 1.09 bits per heavy atom. The first-order chi connectivity index (χ1) is 15.8. The normalized spacial score (nSPS) is 19.5. The first-order valence-corrected chi connectivity index (χ1v) is 11.6. The minimum absolute atomic E-state index is 0.0402. The zero-order chi connectivity index (χ0) is 23.4. The highest BCUT2D eigenvalue weighted by molar-refractivity contribution is 5.81. The maximum Gasteiger partial charge on any atom is 0.240 e. The third-order valence-corrected chi connectivity index (χ3v) is 6.14. The number of benzene rings is 2. The summed E-state index contributed by atoms with van der Waals surface area (Å²) in [6.45, 7) is 11.3. The molecule has 2 unspecified atom stereocenters. The minimum atomic E-state index is -0.168. The van der Waals surface area contributed by atoms with E-state index in [0.29, 0.717) is 13.2 Å². The van der Waals surface area contributed by atoms with Gasteiger partial charge < -0.3 is 19.4 Å². The van der Waals surface area contributed by atoms with Crippen molar-refractivity contribution in [2.75, 3.05) is 19.6 Å². The topological polar surface area (TPSA) is 68.6 Å². The number of hydrogen-bond acceptors (Lipinski definition) is 5. The van der Waals surface area contributed by atoms with E-state index in [0.717, 1.165) is 35.7 Å². The second-order valence-electron chi connectivity index (χ2n) is 9.46. The highest BCUT2D eigenvalue weighted by atomic mass is 16.5. The van der Waals surface area contributed by atoms with Crippen LogP contribution in [0.25, 0.3) is 11.0 Å². The van der Waals surface area contributed by atoms with E-state index in [2.05, 4.69) is 37.9 Å². The quantitative estimate of drug-likeness (QED) is 0.568. The van der Waals surface area contributed by atoms with Gasteiger partial charge in [0.25, 0.3) is 0 Å². The highest BCUT2D eigenvalue weighted by Gasteiger charge is 2.33. The van der Waals surface area contributed by atoms with Gasteiger partial charge in [-0.25, -0.2) is 4.98 Å². The van der Waals surface area contributed by atoms with E-state index in [-0.39, 0.29) is 30.2 Å². The van der Waals surface area contributed by atoms with Crippen molar-refractivity contribution in [3.8, 4) is 5.75 Å². The summed E-state index contributed by atoms with van der Waals surface area (Å²) < 4.78 is 13.7. The standard InChI is InChI=1S/C26H34N4O3/c1-19-14-29(15-20(2)33-19)26(3,4)18-27-25(31)16-30-23-13-9-8-12-22(23)28-24(30)17-32-21-10-6-5-7-11-21/h5-13,19-20H,14-18H2,1-4H3,(H,27,31). The van der Waals surface area contributed by atoms with Crippen molar-refractivity contribution >= 4 is 16.9 Å². The highest BCUT2D eigenvalue weighted by Crippen LogP contribution is 2.21. The molecular weight excluding hydrogens is 416 g/mol. The molecule has 1 aromatic heterocycles. The molecule has 0 radical (unpaired) electrons. The number of aromatic nitrogens is 2. The number of amides is 1. The van der Waals surface area contributed by atoms with Crippen molar-refractivity contribution in [3.05, 3.63) is 60.4 Å². The summed E-state index contributed by atoms with van der Waals surface area (Å²) in [7, 11) is 0. The number of rotatable bonds is 8. The summed E-state index contributed by atoms with van der Waals surface area (Å²) in [4.78, 5) is 20.1. The van der Waals surface area contributed by atoms with Crippen molar-refractivity contribution in [2.24, 2.45) is 0 Å². The van der Waals surface area contributed by atoms with Crippen LogP contribution in [0.5, 0.6) is 5.75 Å². The van der Waals surface area contributed by atoms with Crippen LogP contribution in [-0.2, 0) is 22.7 Å². The fraction of sp³-hybridized carbons (Fsp3) is 0.462. The van der Waals surface area contributed by atoms with Crippen LogP contribution in [0.15, 0.2) is 54.6 Å². The molecule has 0 bridgehead atoms. The number of fused-ring (bicyclic) bond motifs is 1. The van der Waals surface area contributed by atoms with E-state index in [1.807, 2.05) is 59.2 Å². The molecule has 2 atom stereocenters. The van der Waals surface area contributed by atoms with E-state index >= 15 is 0 Å². The Kier molecular flexibility index (Phi) is 7.00. The molecular formula is C26H34N4O3. The number of morpholine rings is 1. The first-order valence-electron chi connectivity index (χ1n) is 11.6. The smallest absolute Gasteiger partial charge is 0.240 e. The predicted molar refractivity (Wildman–Crippen MR) is 129 cm³/mol. The molecule has 4 rings (SSSR count). The molecule has 2 heterocycles. The van der Waals surface area contributed by atoms with Crippen LogP contribution in [0.3, 0.4) is 0 Å². The fourth-order valence-electron chi connectivity index (χ4n) is 4.37. The molecule has 33 heavy (non-hydrogen) atoms. The number of para-hydroxylation sites is 3. The van der Waals surface area contributed by atoms with Gasteiger partial charge in [-0.05, 0) is 52.0 Å². The van der Waals surface area contributed by atoms with Crippen LogP contribution in [0.1, 0.15) is 33.5 Å². The van der Waals surface area contributed by atoms with Gasteiger partial charge in [-0.15, -0.1) is 0 Å². The van der Waals surface area contributed by atoms with E-state index in [9.17, 15) is 4.79 Å². The summed E-state index contributed by atoms with van der Waals surface area (Å²) in [6, 6.07) is 17.5. The SMILES string of the molecule is CC1CN(C(C)(C)CNC(=O)Cn2c(COc3ccccc3)nc3ccccc32)CC(C)O1. The molecule has 1 fully saturated rings. The molecule has 2 aromatic carbocycles. The summed E-state index contributed by atoms with van der Waals surface area (Å²) in [6.07, 6.45) is 0.376. The molecule has 176 valence electrons. The molecule has 1 aliphatic rings. The fourth-order valence-corrected chi connectivity index (χ4v) is 4.37. The summed E-state index contributed by atoms with van der Waals surface area (Å²) in [5.41, 5.74) is 1.61. The van der Waals surface area contributed by atoms with Crippen molar-refractivity contribution in [3.63, 3.8) is 0 Å². The predicted octanol–water partition coefficient (Wildman–Crippen LogP) is 3.62. The lowest BCUT2D eigenvalue weighted by Gasteiger charge is -2.45. The average molecular weight is 451 g/mol. The van der Waals surface area contributed by atoms with Crippen LogP contribution in [0.2, 0.25) is 0 Å². The first kappa shape index (κ1) is 23.3. The zero-order valence-corrected chi connectivity index (χ0v) is 20.0. The monoisotopic (exact) mass is 450 g/mol. The van der Waals surface area contributed by atoms with E-state index in [1.165, 1.54) is 0 Å². The maximum absolute atomic E-state index is 13.0. The molecule has 1 aliphatic heterocycles. The number of nitrogens with zero attached hydrogens (tertiary/aromatic N) is 3. The van der Waals surface area contributed by atoms with Gasteiger partial charge in [0.1, 0.15) is 24.7 Å². The second kappa shape index (κ2) is 9.93. The lowest BCUT2D eigenvalue weighted by molar-refractivity contribution is -0.123. The molecule has 1 amide bonds. The minimum Gasteiger partial charge on any atom is -0.486 e. The lowest BCUT2D eigenvalue weighted by Crippen LogP contribution is -2.58.